The lowest BCUT2D eigenvalue weighted by Gasteiger charge is -2.16. The molecule has 0 saturated heterocycles. The first kappa shape index (κ1) is 25.1. The number of carbonyl (C=O) groups is 1. The average Bonchev–Trinajstić information content (AvgIpc) is 3.19. The van der Waals surface area contributed by atoms with E-state index in [1.807, 2.05) is 18.2 Å². The number of aryl methyl sites for hydroxylation is 2. The van der Waals surface area contributed by atoms with E-state index in [9.17, 15) is 20.0 Å². The molecule has 0 unspecified atom stereocenters. The van der Waals surface area contributed by atoms with Crippen molar-refractivity contribution < 1.29 is 23.8 Å². The third-order valence-corrected chi connectivity index (χ3v) is 6.70. The molecule has 0 saturated carbocycles. The van der Waals surface area contributed by atoms with Crippen LogP contribution < -0.4 is 15.0 Å². The van der Waals surface area contributed by atoms with Crippen molar-refractivity contribution in [3.63, 3.8) is 0 Å². The van der Waals surface area contributed by atoms with E-state index >= 15 is 0 Å². The molecular weight excluding hydrogens is 528 g/mol. The molecule has 0 spiro atoms. The Morgan fingerprint density at radius 3 is 2.50 bits per heavy atom. The summed E-state index contributed by atoms with van der Waals surface area (Å²) in [6.45, 7) is 3.25. The fourth-order valence-corrected chi connectivity index (χ4v) is 4.59. The third-order valence-electron chi connectivity index (χ3n) is 6.20. The van der Waals surface area contributed by atoms with Gasteiger partial charge < -0.3 is 19.0 Å². The van der Waals surface area contributed by atoms with Crippen LogP contribution in [0.2, 0.25) is 0 Å². The number of ketones is 1. The van der Waals surface area contributed by atoms with Crippen LogP contribution in [-0.4, -0.2) is 29.7 Å². The number of aromatic hydroxyl groups is 1. The molecular formula is C27H23BrN2O6. The summed E-state index contributed by atoms with van der Waals surface area (Å²) < 4.78 is 18.3. The highest BCUT2D eigenvalue weighted by molar-refractivity contribution is 9.10. The van der Waals surface area contributed by atoms with Crippen molar-refractivity contribution in [2.45, 2.75) is 26.8 Å². The maximum absolute atomic E-state index is 13.6. The summed E-state index contributed by atoms with van der Waals surface area (Å²) in [6.07, 6.45) is 0.326. The first-order valence-corrected chi connectivity index (χ1v) is 11.8. The van der Waals surface area contributed by atoms with Gasteiger partial charge in [-0.25, -0.2) is 0 Å². The van der Waals surface area contributed by atoms with E-state index in [0.717, 1.165) is 20.0 Å². The Kier molecular flexibility index (Phi) is 6.91. The molecule has 4 rings (SSSR count). The third kappa shape index (κ3) is 4.25. The maximum Gasteiger partial charge on any atom is 0.271 e. The van der Waals surface area contributed by atoms with E-state index in [0.29, 0.717) is 29.1 Å². The molecule has 2 heterocycles. The molecule has 1 N–H and O–H groups in total. The molecule has 0 radical (unpaired) electrons. The van der Waals surface area contributed by atoms with Crippen molar-refractivity contribution in [1.29, 1.82) is 5.26 Å². The van der Waals surface area contributed by atoms with E-state index in [1.54, 1.807) is 31.2 Å². The number of carbonyl (C=O) groups excluding carboxylic acids is 1. The maximum atomic E-state index is 13.6. The van der Waals surface area contributed by atoms with Gasteiger partial charge in [0, 0.05) is 22.0 Å². The van der Waals surface area contributed by atoms with Crippen LogP contribution in [0.3, 0.4) is 0 Å². The van der Waals surface area contributed by atoms with Crippen LogP contribution >= 0.6 is 15.9 Å². The zero-order chi connectivity index (χ0) is 26.1. The molecule has 8 nitrogen and oxygen atoms in total. The summed E-state index contributed by atoms with van der Waals surface area (Å²) in [6, 6.07) is 12.6. The van der Waals surface area contributed by atoms with Crippen LogP contribution in [-0.2, 0) is 13.0 Å². The molecule has 36 heavy (non-hydrogen) atoms. The summed E-state index contributed by atoms with van der Waals surface area (Å²) in [4.78, 5) is 26.6. The lowest BCUT2D eigenvalue weighted by atomic mass is 9.98. The number of hydrogen-bond donors (Lipinski definition) is 1. The van der Waals surface area contributed by atoms with Crippen molar-refractivity contribution in [2.75, 3.05) is 14.2 Å². The molecule has 184 valence electrons. The number of methoxy groups -OCH3 is 2. The van der Waals surface area contributed by atoms with Crippen molar-refractivity contribution in [3.05, 3.63) is 84.8 Å². The SMILES string of the molecule is COc1ccc(CCn2c(O)c(C(=O)c3oc4ccc(Br)cc4c3C)c(C)c(C#N)c2=O)cc1OC. The van der Waals surface area contributed by atoms with Gasteiger partial charge in [0.25, 0.3) is 5.56 Å². The lowest BCUT2D eigenvalue weighted by molar-refractivity contribution is 0.101. The quantitative estimate of drug-likeness (QED) is 0.320. The second-order valence-corrected chi connectivity index (χ2v) is 9.15. The van der Waals surface area contributed by atoms with Gasteiger partial charge in [0.2, 0.25) is 11.7 Å². The van der Waals surface area contributed by atoms with Crippen LogP contribution in [0.5, 0.6) is 17.4 Å². The van der Waals surface area contributed by atoms with Crippen LogP contribution in [0.25, 0.3) is 11.0 Å². The van der Waals surface area contributed by atoms with Gasteiger partial charge in [-0.05, 0) is 61.7 Å². The Morgan fingerprint density at radius 1 is 1.11 bits per heavy atom. The van der Waals surface area contributed by atoms with Gasteiger partial charge in [-0.3, -0.25) is 14.2 Å². The summed E-state index contributed by atoms with van der Waals surface area (Å²) in [7, 11) is 3.06. The molecule has 4 aromatic rings. The van der Waals surface area contributed by atoms with Gasteiger partial charge in [-0.2, -0.15) is 5.26 Å². The molecule has 0 aliphatic carbocycles. The van der Waals surface area contributed by atoms with Crippen LogP contribution in [0.1, 0.15) is 38.4 Å². The van der Waals surface area contributed by atoms with Gasteiger partial charge in [-0.15, -0.1) is 0 Å². The number of rotatable bonds is 7. The minimum absolute atomic E-state index is 0.0292. The second-order valence-electron chi connectivity index (χ2n) is 8.23. The fourth-order valence-electron chi connectivity index (χ4n) is 4.23. The van der Waals surface area contributed by atoms with E-state index < -0.39 is 17.2 Å². The van der Waals surface area contributed by atoms with Crippen LogP contribution in [0.4, 0.5) is 0 Å². The smallest absolute Gasteiger partial charge is 0.271 e. The molecule has 0 aliphatic rings. The van der Waals surface area contributed by atoms with E-state index in [-0.39, 0.29) is 29.0 Å². The molecule has 0 bridgehead atoms. The van der Waals surface area contributed by atoms with Crippen LogP contribution in [0, 0.1) is 25.2 Å². The van der Waals surface area contributed by atoms with Gasteiger partial charge in [-0.1, -0.05) is 22.0 Å². The number of benzene rings is 2. The molecule has 2 aromatic heterocycles. The minimum atomic E-state index is -0.671. The Labute approximate surface area is 215 Å². The highest BCUT2D eigenvalue weighted by Crippen LogP contribution is 2.33. The summed E-state index contributed by atoms with van der Waals surface area (Å²) in [5.74, 6) is 0.00483. The highest BCUT2D eigenvalue weighted by atomic mass is 79.9. The van der Waals surface area contributed by atoms with Crippen molar-refractivity contribution in [2.24, 2.45) is 0 Å². The van der Waals surface area contributed by atoms with Gasteiger partial charge in [0.1, 0.15) is 17.2 Å². The van der Waals surface area contributed by atoms with Crippen molar-refractivity contribution >= 4 is 32.7 Å². The van der Waals surface area contributed by atoms with Gasteiger partial charge in [0.05, 0.1) is 19.8 Å². The zero-order valence-electron chi connectivity index (χ0n) is 20.1. The fraction of sp³-hybridized carbons (Fsp3) is 0.222. The number of furan rings is 1. The molecule has 2 aromatic carbocycles. The molecule has 0 fully saturated rings. The average molecular weight is 551 g/mol. The summed E-state index contributed by atoms with van der Waals surface area (Å²) in [5.41, 5.74) is 1.00. The first-order chi connectivity index (χ1) is 17.2. The minimum Gasteiger partial charge on any atom is -0.494 e. The Balaban J connectivity index is 1.79. The zero-order valence-corrected chi connectivity index (χ0v) is 21.7. The molecule has 0 atom stereocenters. The molecule has 0 amide bonds. The Bertz CT molecular complexity index is 1610. The first-order valence-electron chi connectivity index (χ1n) is 11.0. The second kappa shape index (κ2) is 9.91. The topological polar surface area (TPSA) is 115 Å². The number of halogens is 1. The largest absolute Gasteiger partial charge is 0.494 e. The summed E-state index contributed by atoms with van der Waals surface area (Å²) >= 11 is 3.42. The Morgan fingerprint density at radius 2 is 1.83 bits per heavy atom. The number of aromatic nitrogens is 1. The monoisotopic (exact) mass is 550 g/mol. The highest BCUT2D eigenvalue weighted by Gasteiger charge is 2.28. The number of fused-ring (bicyclic) bond motifs is 1. The van der Waals surface area contributed by atoms with Gasteiger partial charge >= 0.3 is 0 Å². The van der Waals surface area contributed by atoms with E-state index in [1.165, 1.54) is 21.1 Å². The van der Waals surface area contributed by atoms with Gasteiger partial charge in [0.15, 0.2) is 17.3 Å². The predicted molar refractivity (Wildman–Crippen MR) is 137 cm³/mol. The van der Waals surface area contributed by atoms with Crippen LogP contribution in [0.15, 0.2) is 50.1 Å². The normalized spacial score (nSPS) is 10.9. The number of hydrogen-bond acceptors (Lipinski definition) is 7. The lowest BCUT2D eigenvalue weighted by Crippen LogP contribution is -2.27. The number of pyridine rings is 1. The van der Waals surface area contributed by atoms with Crippen molar-refractivity contribution in [1.82, 2.24) is 4.57 Å². The predicted octanol–water partition coefficient (Wildman–Crippen LogP) is 5.04. The summed E-state index contributed by atoms with van der Waals surface area (Å²) in [5, 5.41) is 21.5. The standard InChI is InChI=1S/C27H23BrN2O6/c1-14-19(13-29)26(32)30(10-9-16-5-7-21(34-3)22(11-16)35-4)27(33)23(14)24(31)25-15(2)18-12-17(28)6-8-20(18)36-25/h5-8,11-12,33H,9-10H2,1-4H3. The van der Waals surface area contributed by atoms with E-state index in [2.05, 4.69) is 15.9 Å². The molecule has 0 aliphatic heterocycles. The molecule has 9 heteroatoms. The van der Waals surface area contributed by atoms with E-state index in [4.69, 9.17) is 13.9 Å². The Hall–Kier alpha value is -4.03. The number of nitrogens with zero attached hydrogens (tertiary/aromatic N) is 2. The van der Waals surface area contributed by atoms with Crippen molar-refractivity contribution in [3.8, 4) is 23.4 Å². The number of ether oxygens (including phenoxy) is 2. The number of nitriles is 1.